The zero-order chi connectivity index (χ0) is 84.1. The van der Waals surface area contributed by atoms with E-state index in [1.165, 1.54) is 136 Å². The van der Waals surface area contributed by atoms with Crippen molar-refractivity contribution >= 4 is 268 Å². The summed E-state index contributed by atoms with van der Waals surface area (Å²) < 4.78 is 89.3. The normalized spacial score (nSPS) is 11.8. The van der Waals surface area contributed by atoms with Gasteiger partial charge in [-0.05, 0) is 86.0 Å². The Hall–Kier alpha value is 3.54. The highest BCUT2D eigenvalue weighted by molar-refractivity contribution is 9.90. The maximum atomic E-state index is 5.93. The van der Waals surface area contributed by atoms with Crippen molar-refractivity contribution in [3.8, 4) is 0 Å². The summed E-state index contributed by atoms with van der Waals surface area (Å²) in [6, 6.07) is 37.6. The Morgan fingerprint density at radius 3 is 0.661 bits per heavy atom. The molecule has 0 N–H and O–H groups in total. The van der Waals surface area contributed by atoms with E-state index >= 15 is 0 Å². The predicted octanol–water partition coefficient (Wildman–Crippen LogP) is 23.5. The van der Waals surface area contributed by atoms with E-state index in [2.05, 4.69) is 126 Å². The highest BCUT2D eigenvalue weighted by Crippen LogP contribution is 2.33. The summed E-state index contributed by atoms with van der Waals surface area (Å²) >= 11 is 60.8. The summed E-state index contributed by atoms with van der Waals surface area (Å²) in [5.41, 5.74) is 0. The lowest BCUT2D eigenvalue weighted by Gasteiger charge is -2.28. The predicted molar refractivity (Wildman–Crippen MR) is 509 cm³/mol. The molecule has 0 spiro atoms. The Balaban J connectivity index is -0.000000390. The fourth-order valence-corrected chi connectivity index (χ4v) is 24.0. The maximum Gasteiger partial charge on any atom is 0.679 e. The second-order valence-corrected chi connectivity index (χ2v) is 111. The first-order valence-electron chi connectivity index (χ1n) is 36.6. The van der Waals surface area contributed by atoms with E-state index in [1.807, 2.05) is 178 Å². The lowest BCUT2D eigenvalue weighted by Crippen LogP contribution is -2.56. The number of unbranched alkanes of at least 4 members (excludes halogenated alkanes) is 15. The van der Waals surface area contributed by atoms with Crippen molar-refractivity contribution in [3.63, 3.8) is 0 Å². The van der Waals surface area contributed by atoms with Crippen LogP contribution < -0.4 is 20.7 Å². The van der Waals surface area contributed by atoms with Crippen molar-refractivity contribution in [2.45, 2.75) is 185 Å². The first kappa shape index (κ1) is 121. The van der Waals surface area contributed by atoms with E-state index < -0.39 is 62.3 Å². The molecule has 0 unspecified atom stereocenters. The standard InChI is InChI=1S/C24H52O3Si.C12H20O3Si.C9H14O3Si.C8H20O4Si.C6H5Br3Si.C6H5Cl3Si.C4H12O4Si.Br4Si.Cl4Si/c1-5-9-10-11-12-13-14-15-16-17-18-19-20-21-22-23-24-28(25-6-2,26-7-3)27-8-4;1-4-13-16(14-5-2,15-6-3)12-10-8-7-9-11-12;1-10-13(11-2,12-3)9-7-5-4-6-8-9;1-5-9-13(10-6-2,11-7-3)12-8-4;2*7-10(8,9)6-4-2-1-3-5-6;1-5-9(6-2,7-3)8-4;2*1-5(2,3)4/h5-24H2,1-4H3;7-11H,4-6H2,1-3H3;4-8H,1-3H3;5-8H2,1-4H3;2*1-5H;1-4H3;;. The van der Waals surface area contributed by atoms with Gasteiger partial charge in [0.05, 0.1) is 0 Å². The van der Waals surface area contributed by atoms with E-state index in [-0.39, 0.29) is 0 Å². The molecule has 0 radical (unpaired) electrons. The topological polar surface area (TPSA) is 157 Å². The molecular weight excluding hydrogens is 2160 g/mol. The van der Waals surface area contributed by atoms with E-state index in [4.69, 9.17) is 153 Å². The molecule has 0 aliphatic rings. The third-order valence-electron chi connectivity index (χ3n) is 14.0. The molecule has 0 amide bonds. The SMILES string of the molecule is Br[Si](Br)(Br)Br.Br[Si](Br)(Br)c1ccccc1.CCCCCCCCCCCCCCCCCC[Si](OCC)(OCC)OCC.CCO[Si](OCC)(OCC)OCC.CCO[Si](OCC)(OCC)c1ccccc1.CO[Si](OC)(OC)OC.CO[Si](OC)(OC)c1ccccc1.Cl[Si](Cl)(Cl)Cl.Cl[Si](Cl)(Cl)c1ccccc1. The Bertz CT molecular complexity index is 2420. The Morgan fingerprint density at radius 2 is 0.477 bits per heavy atom. The highest BCUT2D eigenvalue weighted by atomic mass is 80.0. The van der Waals surface area contributed by atoms with Crippen molar-refractivity contribution < 1.29 is 75.2 Å². The minimum Gasteiger partial charge on any atom is -0.374 e. The second kappa shape index (κ2) is 76.4. The monoisotopic (exact) mass is 2280 g/mol. The molecule has 0 atom stereocenters. The molecule has 4 rings (SSSR count). The van der Waals surface area contributed by atoms with Gasteiger partial charge in [0.1, 0.15) is 0 Å². The first-order chi connectivity index (χ1) is 51.5. The Labute approximate surface area is 756 Å². The van der Waals surface area contributed by atoms with Crippen molar-refractivity contribution in [2.24, 2.45) is 0 Å². The van der Waals surface area contributed by atoms with Crippen LogP contribution in [0.1, 0.15) is 179 Å². The van der Waals surface area contributed by atoms with Crippen LogP contribution in [-0.2, 0) is 75.2 Å². The zero-order valence-electron chi connectivity index (χ0n) is 67.4. The van der Waals surface area contributed by atoms with Crippen LogP contribution >= 0.6 is 185 Å². The van der Waals surface area contributed by atoms with E-state index in [9.17, 15) is 0 Å². The Kier molecular flexibility index (Phi) is 84.9. The third kappa shape index (κ3) is 68.7. The number of halogens is 14. The molecule has 4 aromatic carbocycles. The van der Waals surface area contributed by atoms with Gasteiger partial charge < -0.3 is 75.2 Å². The lowest BCUT2D eigenvalue weighted by atomic mass is 10.0. The van der Waals surface area contributed by atoms with Crippen molar-refractivity contribution in [1.82, 2.24) is 0 Å². The van der Waals surface area contributed by atoms with Gasteiger partial charge in [-0.3, -0.25) is 0 Å². The second-order valence-electron chi connectivity index (χ2n) is 21.9. The molecule has 40 heteroatoms. The summed E-state index contributed by atoms with van der Waals surface area (Å²) in [5.74, 6) is 0. The smallest absolute Gasteiger partial charge is 0.374 e. The number of rotatable bonds is 48. The van der Waals surface area contributed by atoms with Crippen LogP contribution in [0.2, 0.25) is 6.04 Å². The van der Waals surface area contributed by atoms with Crippen LogP contribution in [0.25, 0.3) is 0 Å². The fourth-order valence-electron chi connectivity index (χ4n) is 9.44. The summed E-state index contributed by atoms with van der Waals surface area (Å²) in [7, 11) is -2.39. The molecule has 0 saturated heterocycles. The van der Waals surface area contributed by atoms with Gasteiger partial charge in [0, 0.05) is 132 Å². The molecule has 0 fully saturated rings. The third-order valence-corrected chi connectivity index (χ3v) is 35.5. The van der Waals surface area contributed by atoms with Gasteiger partial charge >= 0.3 is 58.4 Å². The lowest BCUT2D eigenvalue weighted by molar-refractivity contribution is -0.0247. The number of benzene rings is 4. The minimum atomic E-state index is -2.80. The number of hydrogen-bond donors (Lipinski definition) is 0. The molecule has 4 aromatic rings. The molecule has 640 valence electrons. The van der Waals surface area contributed by atoms with Crippen molar-refractivity contribution in [3.05, 3.63) is 121 Å². The quantitative estimate of drug-likeness (QED) is 0.0233. The van der Waals surface area contributed by atoms with Crippen molar-refractivity contribution in [2.75, 3.05) is 116 Å². The van der Waals surface area contributed by atoms with E-state index in [1.54, 1.807) is 21.3 Å². The molecule has 0 aliphatic heterocycles. The number of hydrogen-bond acceptors (Lipinski definition) is 17. The summed E-state index contributed by atoms with van der Waals surface area (Å²) in [4.78, 5) is 0. The fraction of sp³-hybridized carbons (Fsp3) is 0.652. The van der Waals surface area contributed by atoms with Gasteiger partial charge in [-0.25, -0.2) is 0 Å². The van der Waals surface area contributed by atoms with Crippen LogP contribution in [0.4, 0.5) is 0 Å². The first-order valence-corrected chi connectivity index (χ1v) is 76.2. The molecule has 0 aromatic heterocycles. The molecule has 17 nitrogen and oxygen atoms in total. The summed E-state index contributed by atoms with van der Waals surface area (Å²) in [6.45, 7) is 27.9. The molecule has 109 heavy (non-hydrogen) atoms. The van der Waals surface area contributed by atoms with Crippen LogP contribution in [-0.4, -0.2) is 178 Å². The molecule has 0 bridgehead atoms. The molecular formula is C69H128Br7Cl7O17Si9. The van der Waals surface area contributed by atoms with Gasteiger partial charge in [-0.1, -0.05) is 332 Å². The average Bonchev–Trinajstić information content (AvgIpc) is 0.807. The van der Waals surface area contributed by atoms with Crippen LogP contribution in [0.15, 0.2) is 121 Å². The van der Waals surface area contributed by atoms with Gasteiger partial charge in [-0.2, -0.15) is 0 Å². The van der Waals surface area contributed by atoms with Gasteiger partial charge in [0.15, 0.2) is 0 Å². The van der Waals surface area contributed by atoms with Gasteiger partial charge in [0.2, 0.25) is 0 Å². The van der Waals surface area contributed by atoms with Gasteiger partial charge in [0.25, 0.3) is 3.93 Å². The molecule has 0 aliphatic carbocycles. The average molecular weight is 2290 g/mol. The molecule has 0 heterocycles. The zero-order valence-corrected chi connectivity index (χ0v) is 92.8. The van der Waals surface area contributed by atoms with Crippen LogP contribution in [0.3, 0.4) is 0 Å². The molecule has 0 saturated carbocycles. The van der Waals surface area contributed by atoms with E-state index in [0.717, 1.165) is 21.6 Å². The highest BCUT2D eigenvalue weighted by Gasteiger charge is 2.46. The maximum absolute atomic E-state index is 5.93. The van der Waals surface area contributed by atoms with Crippen LogP contribution in [0, 0.1) is 0 Å². The van der Waals surface area contributed by atoms with Crippen molar-refractivity contribution in [1.29, 1.82) is 0 Å². The minimum absolute atomic E-state index is 0.548. The summed E-state index contributed by atoms with van der Waals surface area (Å²) in [6.07, 6.45) is 22.4. The summed E-state index contributed by atoms with van der Waals surface area (Å²) in [5, 5.41) is 1.40. The largest absolute Gasteiger partial charge is 0.679 e. The van der Waals surface area contributed by atoms with E-state index in [0.29, 0.717) is 66.1 Å². The van der Waals surface area contributed by atoms with Crippen LogP contribution in [0.5, 0.6) is 0 Å². The van der Waals surface area contributed by atoms with Gasteiger partial charge in [-0.15, -0.1) is 77.6 Å². The Morgan fingerprint density at radius 1 is 0.257 bits per heavy atom.